The Morgan fingerprint density at radius 1 is 1.04 bits per heavy atom. The second-order valence-corrected chi connectivity index (χ2v) is 8.45. The zero-order chi connectivity index (χ0) is 17.9. The summed E-state index contributed by atoms with van der Waals surface area (Å²) in [6, 6.07) is 10.8. The lowest BCUT2D eigenvalue weighted by molar-refractivity contribution is 0.602. The number of sulfone groups is 1. The van der Waals surface area contributed by atoms with Crippen molar-refractivity contribution in [2.45, 2.75) is 29.3 Å². The number of benzene rings is 1. The first-order chi connectivity index (χ1) is 12.0. The molecule has 1 aromatic carbocycles. The van der Waals surface area contributed by atoms with Crippen molar-refractivity contribution in [3.8, 4) is 11.4 Å². The Balaban J connectivity index is 1.77. The van der Waals surface area contributed by atoms with Crippen LogP contribution in [0.25, 0.3) is 11.4 Å². The molecule has 2 aromatic heterocycles. The van der Waals surface area contributed by atoms with Gasteiger partial charge in [-0.3, -0.25) is 4.98 Å². The Morgan fingerprint density at radius 2 is 1.72 bits per heavy atom. The van der Waals surface area contributed by atoms with E-state index in [-0.39, 0.29) is 0 Å². The highest BCUT2D eigenvalue weighted by Crippen LogP contribution is 2.26. The molecule has 3 aromatic rings. The molecule has 130 valence electrons. The normalized spacial score (nSPS) is 11.6. The van der Waals surface area contributed by atoms with E-state index in [0.29, 0.717) is 10.6 Å². The van der Waals surface area contributed by atoms with E-state index in [1.54, 1.807) is 36.3 Å². The fourth-order valence-corrected chi connectivity index (χ4v) is 3.96. The predicted octanol–water partition coefficient (Wildman–Crippen LogP) is 3.06. The Kier molecular flexibility index (Phi) is 5.19. The lowest BCUT2D eigenvalue weighted by Gasteiger charge is -2.07. The van der Waals surface area contributed by atoms with Crippen LogP contribution in [-0.2, 0) is 22.1 Å². The van der Waals surface area contributed by atoms with Gasteiger partial charge in [0.15, 0.2) is 20.8 Å². The van der Waals surface area contributed by atoms with Crippen LogP contribution in [0.2, 0.25) is 0 Å². The molecule has 0 spiro atoms. The third-order valence-corrected chi connectivity index (χ3v) is 5.86. The van der Waals surface area contributed by atoms with Gasteiger partial charge in [0, 0.05) is 36.5 Å². The number of thioether (sulfide) groups is 1. The zero-order valence-electron chi connectivity index (χ0n) is 14.0. The van der Waals surface area contributed by atoms with E-state index >= 15 is 0 Å². The number of hydrogen-bond acceptors (Lipinski definition) is 6. The molecule has 25 heavy (non-hydrogen) atoms. The van der Waals surface area contributed by atoms with Gasteiger partial charge in [-0.25, -0.2) is 8.42 Å². The topological polar surface area (TPSA) is 77.7 Å². The van der Waals surface area contributed by atoms with Crippen LogP contribution in [-0.4, -0.2) is 34.4 Å². The van der Waals surface area contributed by atoms with Gasteiger partial charge in [0.1, 0.15) is 0 Å². The number of nitrogens with zero attached hydrogens (tertiary/aromatic N) is 4. The summed E-state index contributed by atoms with van der Waals surface area (Å²) in [5.74, 6) is 1.51. The summed E-state index contributed by atoms with van der Waals surface area (Å²) in [7, 11) is -3.16. The molecule has 0 saturated heterocycles. The predicted molar refractivity (Wildman–Crippen MR) is 98.0 cm³/mol. The van der Waals surface area contributed by atoms with Crippen LogP contribution >= 0.6 is 11.8 Å². The van der Waals surface area contributed by atoms with Gasteiger partial charge in [-0.1, -0.05) is 23.9 Å². The molecule has 0 amide bonds. The largest absolute Gasteiger partial charge is 0.302 e. The molecule has 0 saturated carbocycles. The van der Waals surface area contributed by atoms with Crippen molar-refractivity contribution < 1.29 is 8.42 Å². The monoisotopic (exact) mass is 374 g/mol. The molecule has 0 radical (unpaired) electrons. The van der Waals surface area contributed by atoms with Gasteiger partial charge in [0.25, 0.3) is 0 Å². The summed E-state index contributed by atoms with van der Waals surface area (Å²) in [4.78, 5) is 4.36. The van der Waals surface area contributed by atoms with E-state index in [4.69, 9.17) is 0 Å². The molecule has 0 atom stereocenters. The number of hydrogen-bond donors (Lipinski definition) is 0. The minimum Gasteiger partial charge on any atom is -0.302 e. The Bertz CT molecular complexity index is 952. The van der Waals surface area contributed by atoms with E-state index in [0.717, 1.165) is 28.7 Å². The highest BCUT2D eigenvalue weighted by atomic mass is 32.2. The number of aromatic nitrogens is 4. The van der Waals surface area contributed by atoms with Crippen LogP contribution in [0.5, 0.6) is 0 Å². The van der Waals surface area contributed by atoms with Gasteiger partial charge in [-0.2, -0.15) is 0 Å². The molecule has 0 fully saturated rings. The first kappa shape index (κ1) is 17.6. The summed E-state index contributed by atoms with van der Waals surface area (Å²) in [6.07, 6.45) is 4.68. The molecule has 0 unspecified atom stereocenters. The first-order valence-corrected chi connectivity index (χ1v) is 10.6. The summed E-state index contributed by atoms with van der Waals surface area (Å²) in [6.45, 7) is 2.82. The van der Waals surface area contributed by atoms with E-state index in [9.17, 15) is 8.42 Å². The van der Waals surface area contributed by atoms with Gasteiger partial charge in [0.2, 0.25) is 0 Å². The lowest BCUT2D eigenvalue weighted by Crippen LogP contribution is -2.00. The third kappa shape index (κ3) is 4.08. The minimum atomic E-state index is -3.16. The van der Waals surface area contributed by atoms with Crippen molar-refractivity contribution in [1.82, 2.24) is 19.7 Å². The second kappa shape index (κ2) is 7.37. The van der Waals surface area contributed by atoms with Gasteiger partial charge in [0.05, 0.1) is 4.90 Å². The molecule has 3 rings (SSSR count). The maximum absolute atomic E-state index is 11.5. The van der Waals surface area contributed by atoms with Crippen LogP contribution in [0.15, 0.2) is 58.8 Å². The van der Waals surface area contributed by atoms with Crippen molar-refractivity contribution in [2.24, 2.45) is 0 Å². The minimum absolute atomic E-state index is 0.331. The van der Waals surface area contributed by atoms with Crippen LogP contribution < -0.4 is 0 Å². The number of pyridine rings is 1. The van der Waals surface area contributed by atoms with Crippen LogP contribution in [0.4, 0.5) is 0 Å². The molecule has 0 N–H and O–H groups in total. The first-order valence-electron chi connectivity index (χ1n) is 7.74. The summed E-state index contributed by atoms with van der Waals surface area (Å²) >= 11 is 1.58. The molecule has 8 heteroatoms. The summed E-state index contributed by atoms with van der Waals surface area (Å²) in [5.41, 5.74) is 2.02. The summed E-state index contributed by atoms with van der Waals surface area (Å²) in [5, 5.41) is 9.43. The average Bonchev–Trinajstić information content (AvgIpc) is 3.03. The maximum atomic E-state index is 11.5. The average molecular weight is 374 g/mol. The Labute approximate surface area is 151 Å². The standard InChI is InChI=1S/C17H18N4O2S2/c1-3-21-16(14-8-10-18-11-9-14)19-20-17(21)24-12-13-4-6-15(7-5-13)25(2,22)23/h4-11H,3,12H2,1-2H3. The third-order valence-electron chi connectivity index (χ3n) is 3.69. The van der Waals surface area contributed by atoms with Crippen molar-refractivity contribution in [1.29, 1.82) is 0 Å². The highest BCUT2D eigenvalue weighted by Gasteiger charge is 2.13. The molecule has 0 bridgehead atoms. The fraction of sp³-hybridized carbons (Fsp3) is 0.235. The molecule has 6 nitrogen and oxygen atoms in total. The van der Waals surface area contributed by atoms with Gasteiger partial charge in [-0.15, -0.1) is 10.2 Å². The fourth-order valence-electron chi connectivity index (χ4n) is 2.38. The highest BCUT2D eigenvalue weighted by molar-refractivity contribution is 7.98. The maximum Gasteiger partial charge on any atom is 0.191 e. The van der Waals surface area contributed by atoms with E-state index < -0.39 is 9.84 Å². The summed E-state index contributed by atoms with van der Waals surface area (Å²) < 4.78 is 25.1. The molecular formula is C17H18N4O2S2. The van der Waals surface area contributed by atoms with Crippen molar-refractivity contribution in [3.05, 3.63) is 54.4 Å². The molecular weight excluding hydrogens is 356 g/mol. The van der Waals surface area contributed by atoms with Gasteiger partial charge >= 0.3 is 0 Å². The second-order valence-electron chi connectivity index (χ2n) is 5.49. The smallest absolute Gasteiger partial charge is 0.191 e. The SMILES string of the molecule is CCn1c(SCc2ccc(S(C)(=O)=O)cc2)nnc1-c1ccncc1. The Hall–Kier alpha value is -2.19. The van der Waals surface area contributed by atoms with E-state index in [1.807, 2.05) is 24.3 Å². The number of rotatable bonds is 6. The van der Waals surface area contributed by atoms with E-state index in [1.165, 1.54) is 6.26 Å². The van der Waals surface area contributed by atoms with Crippen molar-refractivity contribution in [2.75, 3.05) is 6.26 Å². The van der Waals surface area contributed by atoms with Gasteiger partial charge in [-0.05, 0) is 36.8 Å². The Morgan fingerprint density at radius 3 is 2.32 bits per heavy atom. The zero-order valence-corrected chi connectivity index (χ0v) is 15.6. The molecule has 2 heterocycles. The quantitative estimate of drug-likeness (QED) is 0.617. The molecule has 0 aliphatic rings. The van der Waals surface area contributed by atoms with Crippen LogP contribution in [0, 0.1) is 0 Å². The lowest BCUT2D eigenvalue weighted by atomic mass is 10.2. The van der Waals surface area contributed by atoms with Crippen LogP contribution in [0.3, 0.4) is 0 Å². The van der Waals surface area contributed by atoms with Crippen molar-refractivity contribution in [3.63, 3.8) is 0 Å². The molecule has 0 aliphatic carbocycles. The van der Waals surface area contributed by atoms with Gasteiger partial charge < -0.3 is 4.57 Å². The molecule has 0 aliphatic heterocycles. The van der Waals surface area contributed by atoms with Crippen LogP contribution in [0.1, 0.15) is 12.5 Å². The van der Waals surface area contributed by atoms with E-state index in [2.05, 4.69) is 26.7 Å². The van der Waals surface area contributed by atoms with Crippen molar-refractivity contribution >= 4 is 21.6 Å².